The zero-order valence-corrected chi connectivity index (χ0v) is 9.64. The number of hydrogen-bond donors (Lipinski definition) is 0. The van der Waals surface area contributed by atoms with Crippen LogP contribution >= 0.6 is 11.6 Å². The molecule has 0 unspecified atom stereocenters. The van der Waals surface area contributed by atoms with Gasteiger partial charge in [0.05, 0.1) is 10.6 Å². The standard InChI is InChI=1S/C13H6ClF3O/c14-9-6-7(15)4-5-8(9)13(18)12-10(16)2-1-3-11(12)17/h1-6H. The number of halogens is 4. The monoisotopic (exact) mass is 270 g/mol. The third kappa shape index (κ3) is 2.24. The smallest absolute Gasteiger partial charge is 0.200 e. The van der Waals surface area contributed by atoms with Gasteiger partial charge in [-0.3, -0.25) is 4.79 Å². The van der Waals surface area contributed by atoms with E-state index in [1.165, 1.54) is 0 Å². The van der Waals surface area contributed by atoms with Crippen LogP contribution in [-0.4, -0.2) is 5.78 Å². The van der Waals surface area contributed by atoms with E-state index >= 15 is 0 Å². The molecule has 0 bridgehead atoms. The zero-order valence-electron chi connectivity index (χ0n) is 8.88. The van der Waals surface area contributed by atoms with Gasteiger partial charge in [0.1, 0.15) is 17.5 Å². The lowest BCUT2D eigenvalue weighted by Crippen LogP contribution is -2.08. The summed E-state index contributed by atoms with van der Waals surface area (Å²) in [5.74, 6) is -3.53. The predicted molar refractivity (Wildman–Crippen MR) is 61.2 cm³/mol. The summed E-state index contributed by atoms with van der Waals surface area (Å²) in [5, 5.41) is -0.192. The third-order valence-electron chi connectivity index (χ3n) is 2.37. The summed E-state index contributed by atoms with van der Waals surface area (Å²) in [6.07, 6.45) is 0. The number of benzene rings is 2. The number of ketones is 1. The molecule has 0 amide bonds. The Hall–Kier alpha value is -1.81. The number of rotatable bonds is 2. The number of carbonyl (C=O) groups excluding carboxylic acids is 1. The Morgan fingerprint density at radius 2 is 1.61 bits per heavy atom. The van der Waals surface area contributed by atoms with E-state index in [4.69, 9.17) is 11.6 Å². The normalized spacial score (nSPS) is 10.4. The van der Waals surface area contributed by atoms with E-state index in [2.05, 4.69) is 0 Å². The molecule has 2 aromatic carbocycles. The molecular formula is C13H6ClF3O. The minimum atomic E-state index is -0.986. The van der Waals surface area contributed by atoms with Crippen LogP contribution in [0.25, 0.3) is 0 Å². The first-order valence-electron chi connectivity index (χ1n) is 4.94. The lowest BCUT2D eigenvalue weighted by Gasteiger charge is -2.06. The highest BCUT2D eigenvalue weighted by molar-refractivity contribution is 6.35. The van der Waals surface area contributed by atoms with Gasteiger partial charge in [-0.15, -0.1) is 0 Å². The quantitative estimate of drug-likeness (QED) is 0.754. The van der Waals surface area contributed by atoms with E-state index in [0.717, 1.165) is 36.4 Å². The van der Waals surface area contributed by atoms with Crippen LogP contribution in [-0.2, 0) is 0 Å². The highest BCUT2D eigenvalue weighted by Gasteiger charge is 2.20. The minimum Gasteiger partial charge on any atom is -0.288 e. The largest absolute Gasteiger partial charge is 0.288 e. The van der Waals surface area contributed by atoms with Crippen LogP contribution in [0.2, 0.25) is 5.02 Å². The van der Waals surface area contributed by atoms with Gasteiger partial charge in [-0.05, 0) is 30.3 Å². The summed E-state index contributed by atoms with van der Waals surface area (Å²) in [4.78, 5) is 11.9. The first kappa shape index (κ1) is 12.6. The average Bonchev–Trinajstić information content (AvgIpc) is 2.28. The van der Waals surface area contributed by atoms with Gasteiger partial charge in [0.25, 0.3) is 0 Å². The van der Waals surface area contributed by atoms with E-state index in [9.17, 15) is 18.0 Å². The maximum Gasteiger partial charge on any atom is 0.200 e. The van der Waals surface area contributed by atoms with Crippen molar-refractivity contribution in [3.05, 3.63) is 70.0 Å². The van der Waals surface area contributed by atoms with Crippen molar-refractivity contribution in [2.24, 2.45) is 0 Å². The highest BCUT2D eigenvalue weighted by Crippen LogP contribution is 2.23. The Balaban J connectivity index is 2.55. The van der Waals surface area contributed by atoms with Gasteiger partial charge in [0, 0.05) is 5.56 Å². The fourth-order valence-electron chi connectivity index (χ4n) is 1.52. The summed E-state index contributed by atoms with van der Waals surface area (Å²) in [6.45, 7) is 0. The van der Waals surface area contributed by atoms with Crippen LogP contribution in [0.4, 0.5) is 13.2 Å². The molecule has 0 N–H and O–H groups in total. The van der Waals surface area contributed by atoms with E-state index in [1.54, 1.807) is 0 Å². The summed E-state index contributed by atoms with van der Waals surface area (Å²) in [5.41, 5.74) is -0.854. The fraction of sp³-hybridized carbons (Fsp3) is 0. The molecular weight excluding hydrogens is 265 g/mol. The van der Waals surface area contributed by atoms with Crippen LogP contribution in [0.3, 0.4) is 0 Å². The molecule has 2 rings (SSSR count). The van der Waals surface area contributed by atoms with Gasteiger partial charge in [-0.25, -0.2) is 13.2 Å². The molecule has 1 nitrogen and oxygen atoms in total. The molecule has 18 heavy (non-hydrogen) atoms. The van der Waals surface area contributed by atoms with Crippen molar-refractivity contribution in [2.45, 2.75) is 0 Å². The lowest BCUT2D eigenvalue weighted by atomic mass is 10.0. The molecule has 5 heteroatoms. The van der Waals surface area contributed by atoms with Gasteiger partial charge >= 0.3 is 0 Å². The van der Waals surface area contributed by atoms with Crippen molar-refractivity contribution in [2.75, 3.05) is 0 Å². The molecule has 0 aliphatic carbocycles. The summed E-state index contributed by atoms with van der Waals surface area (Å²) in [6, 6.07) is 6.08. The van der Waals surface area contributed by atoms with Crippen molar-refractivity contribution >= 4 is 17.4 Å². The highest BCUT2D eigenvalue weighted by atomic mass is 35.5. The summed E-state index contributed by atoms with van der Waals surface area (Å²) >= 11 is 5.67. The van der Waals surface area contributed by atoms with Crippen molar-refractivity contribution in [1.29, 1.82) is 0 Å². The third-order valence-corrected chi connectivity index (χ3v) is 2.68. The Labute approximate surface area is 106 Å². The van der Waals surface area contributed by atoms with Gasteiger partial charge in [0.15, 0.2) is 5.78 Å². The first-order valence-corrected chi connectivity index (χ1v) is 5.32. The number of carbonyl (C=O) groups is 1. The van der Waals surface area contributed by atoms with E-state index in [-0.39, 0.29) is 10.6 Å². The van der Waals surface area contributed by atoms with Gasteiger partial charge in [-0.1, -0.05) is 17.7 Å². The topological polar surface area (TPSA) is 17.1 Å². The summed E-state index contributed by atoms with van der Waals surface area (Å²) < 4.78 is 39.7. The lowest BCUT2D eigenvalue weighted by molar-refractivity contribution is 0.103. The molecule has 0 aromatic heterocycles. The molecule has 0 radical (unpaired) electrons. The Bertz CT molecular complexity index is 605. The second-order valence-electron chi connectivity index (χ2n) is 3.55. The van der Waals surface area contributed by atoms with E-state index in [1.807, 2.05) is 0 Å². The molecule has 92 valence electrons. The second-order valence-corrected chi connectivity index (χ2v) is 3.96. The van der Waals surface area contributed by atoms with Crippen LogP contribution in [0.5, 0.6) is 0 Å². The average molecular weight is 271 g/mol. The van der Waals surface area contributed by atoms with Crippen molar-refractivity contribution in [1.82, 2.24) is 0 Å². The summed E-state index contributed by atoms with van der Waals surface area (Å²) in [7, 11) is 0. The van der Waals surface area contributed by atoms with E-state index < -0.39 is 28.8 Å². The maximum atomic E-state index is 13.4. The Kier molecular flexibility index (Phi) is 3.39. The molecule has 0 aliphatic rings. The van der Waals surface area contributed by atoms with Gasteiger partial charge in [-0.2, -0.15) is 0 Å². The molecule has 0 heterocycles. The SMILES string of the molecule is O=C(c1ccc(F)cc1Cl)c1c(F)cccc1F. The maximum absolute atomic E-state index is 13.4. The zero-order chi connectivity index (χ0) is 13.3. The van der Waals surface area contributed by atoms with Crippen molar-refractivity contribution < 1.29 is 18.0 Å². The molecule has 0 fully saturated rings. The van der Waals surface area contributed by atoms with Crippen LogP contribution in [0.15, 0.2) is 36.4 Å². The van der Waals surface area contributed by atoms with Gasteiger partial charge < -0.3 is 0 Å². The predicted octanol–water partition coefficient (Wildman–Crippen LogP) is 3.99. The van der Waals surface area contributed by atoms with E-state index in [0.29, 0.717) is 0 Å². The Morgan fingerprint density at radius 3 is 2.17 bits per heavy atom. The van der Waals surface area contributed by atoms with Crippen molar-refractivity contribution in [3.63, 3.8) is 0 Å². The van der Waals surface area contributed by atoms with Crippen LogP contribution in [0, 0.1) is 17.5 Å². The molecule has 0 aliphatic heterocycles. The first-order chi connectivity index (χ1) is 8.50. The molecule has 0 saturated heterocycles. The Morgan fingerprint density at radius 1 is 1.00 bits per heavy atom. The fourth-order valence-corrected chi connectivity index (χ4v) is 1.78. The molecule has 2 aromatic rings. The minimum absolute atomic E-state index is 0.151. The molecule has 0 atom stereocenters. The second kappa shape index (κ2) is 4.82. The number of hydrogen-bond acceptors (Lipinski definition) is 1. The molecule has 0 saturated carbocycles. The van der Waals surface area contributed by atoms with Crippen molar-refractivity contribution in [3.8, 4) is 0 Å². The van der Waals surface area contributed by atoms with Crippen LogP contribution in [0.1, 0.15) is 15.9 Å². The molecule has 0 spiro atoms. The van der Waals surface area contributed by atoms with Gasteiger partial charge in [0.2, 0.25) is 0 Å². The van der Waals surface area contributed by atoms with Crippen LogP contribution < -0.4 is 0 Å².